The van der Waals surface area contributed by atoms with Gasteiger partial charge in [0.2, 0.25) is 0 Å². The molecule has 1 aromatic carbocycles. The molecule has 0 aliphatic rings. The van der Waals surface area contributed by atoms with Crippen LogP contribution in [-0.2, 0) is 20.7 Å². The second-order valence-electron chi connectivity index (χ2n) is 4.60. The van der Waals surface area contributed by atoms with E-state index in [1.54, 1.807) is 31.2 Å². The SMILES string of the molecule is CCC(C)OC(=O)C(Cc1cccc(OC)c1)C(=O)O. The maximum absolute atomic E-state index is 11.9. The highest BCUT2D eigenvalue weighted by atomic mass is 16.5. The maximum Gasteiger partial charge on any atom is 0.320 e. The van der Waals surface area contributed by atoms with Crippen molar-refractivity contribution in [3.8, 4) is 5.75 Å². The largest absolute Gasteiger partial charge is 0.497 e. The lowest BCUT2D eigenvalue weighted by Gasteiger charge is -2.16. The average Bonchev–Trinajstić information content (AvgIpc) is 2.44. The molecule has 0 aliphatic carbocycles. The number of carboxylic acid groups (broad SMARTS) is 1. The molecule has 1 N–H and O–H groups in total. The number of carbonyl (C=O) groups excluding carboxylic acids is 1. The lowest BCUT2D eigenvalue weighted by molar-refractivity contribution is -0.161. The summed E-state index contributed by atoms with van der Waals surface area (Å²) in [6.07, 6.45) is 0.452. The second-order valence-corrected chi connectivity index (χ2v) is 4.60. The van der Waals surface area contributed by atoms with Crippen molar-refractivity contribution in [3.63, 3.8) is 0 Å². The van der Waals surface area contributed by atoms with E-state index in [0.29, 0.717) is 12.2 Å². The molecule has 110 valence electrons. The summed E-state index contributed by atoms with van der Waals surface area (Å²) in [6.45, 7) is 3.61. The zero-order valence-corrected chi connectivity index (χ0v) is 12.0. The number of benzene rings is 1. The predicted octanol–water partition coefficient (Wildman–Crippen LogP) is 2.28. The van der Waals surface area contributed by atoms with Crippen LogP contribution >= 0.6 is 0 Å². The Hall–Kier alpha value is -2.04. The first-order valence-corrected chi connectivity index (χ1v) is 6.54. The van der Waals surface area contributed by atoms with Gasteiger partial charge in [-0.1, -0.05) is 19.1 Å². The Morgan fingerprint density at radius 2 is 2.05 bits per heavy atom. The highest BCUT2D eigenvalue weighted by molar-refractivity contribution is 5.94. The van der Waals surface area contributed by atoms with Gasteiger partial charge in [0.1, 0.15) is 5.75 Å². The van der Waals surface area contributed by atoms with E-state index in [4.69, 9.17) is 9.47 Å². The molecule has 0 saturated carbocycles. The van der Waals surface area contributed by atoms with Crippen LogP contribution in [-0.4, -0.2) is 30.3 Å². The highest BCUT2D eigenvalue weighted by Gasteiger charge is 2.29. The third-order valence-electron chi connectivity index (χ3n) is 3.05. The molecule has 20 heavy (non-hydrogen) atoms. The van der Waals surface area contributed by atoms with E-state index in [9.17, 15) is 14.7 Å². The van der Waals surface area contributed by atoms with E-state index in [-0.39, 0.29) is 12.5 Å². The molecule has 0 fully saturated rings. The zero-order valence-electron chi connectivity index (χ0n) is 12.0. The minimum Gasteiger partial charge on any atom is -0.497 e. The molecule has 5 nitrogen and oxygen atoms in total. The van der Waals surface area contributed by atoms with Gasteiger partial charge in [0, 0.05) is 0 Å². The van der Waals surface area contributed by atoms with Crippen LogP contribution in [0.15, 0.2) is 24.3 Å². The number of hydrogen-bond donors (Lipinski definition) is 1. The summed E-state index contributed by atoms with van der Waals surface area (Å²) in [5.41, 5.74) is 0.720. The van der Waals surface area contributed by atoms with Gasteiger partial charge in [0.25, 0.3) is 0 Å². The number of hydrogen-bond acceptors (Lipinski definition) is 4. The van der Waals surface area contributed by atoms with Gasteiger partial charge >= 0.3 is 11.9 Å². The number of rotatable bonds is 7. The number of esters is 1. The molecule has 1 aromatic rings. The van der Waals surface area contributed by atoms with Gasteiger partial charge in [-0.3, -0.25) is 9.59 Å². The van der Waals surface area contributed by atoms with Crippen molar-refractivity contribution < 1.29 is 24.2 Å². The van der Waals surface area contributed by atoms with Crippen LogP contribution in [0.4, 0.5) is 0 Å². The summed E-state index contributed by atoms with van der Waals surface area (Å²) in [5.74, 6) is -2.45. The summed E-state index contributed by atoms with van der Waals surface area (Å²) < 4.78 is 10.2. The summed E-state index contributed by atoms with van der Waals surface area (Å²) in [7, 11) is 1.53. The fourth-order valence-electron chi connectivity index (χ4n) is 1.67. The van der Waals surface area contributed by atoms with Crippen LogP contribution in [0.3, 0.4) is 0 Å². The number of aliphatic carboxylic acids is 1. The molecule has 0 amide bonds. The Balaban J connectivity index is 2.81. The smallest absolute Gasteiger partial charge is 0.320 e. The van der Waals surface area contributed by atoms with Gasteiger partial charge in [-0.25, -0.2) is 0 Å². The fraction of sp³-hybridized carbons (Fsp3) is 0.467. The van der Waals surface area contributed by atoms with Gasteiger partial charge in [0.05, 0.1) is 13.2 Å². The number of methoxy groups -OCH3 is 1. The van der Waals surface area contributed by atoms with Crippen LogP contribution in [0.5, 0.6) is 5.75 Å². The molecule has 2 atom stereocenters. The van der Waals surface area contributed by atoms with Gasteiger partial charge in [0.15, 0.2) is 5.92 Å². The van der Waals surface area contributed by atoms with Crippen molar-refractivity contribution in [2.24, 2.45) is 5.92 Å². The minimum atomic E-state index is -1.20. The van der Waals surface area contributed by atoms with E-state index in [0.717, 1.165) is 5.56 Å². The second kappa shape index (κ2) is 7.53. The molecule has 0 bridgehead atoms. The summed E-state index contributed by atoms with van der Waals surface area (Å²) >= 11 is 0. The van der Waals surface area contributed by atoms with Crippen molar-refractivity contribution in [1.29, 1.82) is 0 Å². The van der Waals surface area contributed by atoms with Crippen LogP contribution in [0.25, 0.3) is 0 Å². The van der Waals surface area contributed by atoms with E-state index < -0.39 is 17.9 Å². The summed E-state index contributed by atoms with van der Waals surface area (Å²) in [6, 6.07) is 6.99. The lowest BCUT2D eigenvalue weighted by atomic mass is 9.99. The normalized spacial score (nSPS) is 13.3. The lowest BCUT2D eigenvalue weighted by Crippen LogP contribution is -2.30. The molecule has 0 aromatic heterocycles. The number of carbonyl (C=O) groups is 2. The first-order valence-electron chi connectivity index (χ1n) is 6.54. The standard InChI is InChI=1S/C15H20O5/c1-4-10(2)20-15(18)13(14(16)17)9-11-6-5-7-12(8-11)19-3/h5-8,10,13H,4,9H2,1-3H3,(H,16,17). The van der Waals surface area contributed by atoms with Crippen molar-refractivity contribution in [1.82, 2.24) is 0 Å². The molecule has 1 rings (SSSR count). The van der Waals surface area contributed by atoms with E-state index in [1.165, 1.54) is 7.11 Å². The molecule has 0 saturated heterocycles. The number of ether oxygens (including phenoxy) is 2. The molecule has 5 heteroatoms. The maximum atomic E-state index is 11.9. The Kier molecular flexibility index (Phi) is 6.03. The average molecular weight is 280 g/mol. The van der Waals surface area contributed by atoms with Crippen LogP contribution in [0, 0.1) is 5.92 Å². The topological polar surface area (TPSA) is 72.8 Å². The van der Waals surface area contributed by atoms with E-state index in [2.05, 4.69) is 0 Å². The van der Waals surface area contributed by atoms with Crippen molar-refractivity contribution in [2.45, 2.75) is 32.8 Å². The quantitative estimate of drug-likeness (QED) is 0.612. The highest BCUT2D eigenvalue weighted by Crippen LogP contribution is 2.17. The molecule has 2 unspecified atom stereocenters. The minimum absolute atomic E-state index is 0.0851. The molecule has 0 radical (unpaired) electrons. The van der Waals surface area contributed by atoms with Gasteiger partial charge < -0.3 is 14.6 Å². The van der Waals surface area contributed by atoms with Gasteiger partial charge in [-0.15, -0.1) is 0 Å². The molecular weight excluding hydrogens is 260 g/mol. The monoisotopic (exact) mass is 280 g/mol. The van der Waals surface area contributed by atoms with Crippen molar-refractivity contribution in [2.75, 3.05) is 7.11 Å². The van der Waals surface area contributed by atoms with Crippen LogP contribution < -0.4 is 4.74 Å². The Bertz CT molecular complexity index is 469. The third-order valence-corrected chi connectivity index (χ3v) is 3.05. The first kappa shape index (κ1) is 16.0. The molecule has 0 aliphatic heterocycles. The third kappa shape index (κ3) is 4.57. The Morgan fingerprint density at radius 1 is 1.35 bits per heavy atom. The summed E-state index contributed by atoms with van der Waals surface area (Å²) in [4.78, 5) is 23.1. The molecule has 0 spiro atoms. The van der Waals surface area contributed by atoms with Crippen molar-refractivity contribution >= 4 is 11.9 Å². The van der Waals surface area contributed by atoms with E-state index >= 15 is 0 Å². The van der Waals surface area contributed by atoms with E-state index in [1.807, 2.05) is 6.92 Å². The van der Waals surface area contributed by atoms with Gasteiger partial charge in [-0.2, -0.15) is 0 Å². The summed E-state index contributed by atoms with van der Waals surface area (Å²) in [5, 5.41) is 9.18. The van der Waals surface area contributed by atoms with Gasteiger partial charge in [-0.05, 0) is 37.5 Å². The Labute approximate surface area is 118 Å². The fourth-order valence-corrected chi connectivity index (χ4v) is 1.67. The number of carboxylic acids is 1. The van der Waals surface area contributed by atoms with Crippen LogP contribution in [0.1, 0.15) is 25.8 Å². The molecular formula is C15H20O5. The zero-order chi connectivity index (χ0) is 15.1. The first-order chi connectivity index (χ1) is 9.47. The molecule has 0 heterocycles. The van der Waals surface area contributed by atoms with Crippen LogP contribution in [0.2, 0.25) is 0 Å². The predicted molar refractivity (Wildman–Crippen MR) is 73.7 cm³/mol. The van der Waals surface area contributed by atoms with Crippen molar-refractivity contribution in [3.05, 3.63) is 29.8 Å². The Morgan fingerprint density at radius 3 is 2.60 bits per heavy atom.